The number of amides is 2. The lowest BCUT2D eigenvalue weighted by Gasteiger charge is -2.21. The van der Waals surface area contributed by atoms with Crippen LogP contribution < -0.4 is 5.32 Å². The molecule has 0 aliphatic heterocycles. The predicted octanol–water partition coefficient (Wildman–Crippen LogP) is 2.42. The van der Waals surface area contributed by atoms with Crippen molar-refractivity contribution in [2.45, 2.75) is 25.9 Å². The molecule has 1 atom stereocenters. The first-order valence-electron chi connectivity index (χ1n) is 7.86. The summed E-state index contributed by atoms with van der Waals surface area (Å²) < 4.78 is 1.71. The van der Waals surface area contributed by atoms with Gasteiger partial charge in [-0.15, -0.1) is 0 Å². The van der Waals surface area contributed by atoms with Crippen molar-refractivity contribution >= 4 is 11.8 Å². The number of carbonyl (C=O) groups is 1. The van der Waals surface area contributed by atoms with Crippen LogP contribution in [0.15, 0.2) is 36.5 Å². The van der Waals surface area contributed by atoms with Gasteiger partial charge in [0.15, 0.2) is 0 Å². The first-order valence-corrected chi connectivity index (χ1v) is 7.86. The summed E-state index contributed by atoms with van der Waals surface area (Å²) in [6, 6.07) is 9.37. The Balaban J connectivity index is 1.70. The average Bonchev–Trinajstić information content (AvgIpc) is 3.29. The van der Waals surface area contributed by atoms with Crippen LogP contribution in [0.3, 0.4) is 0 Å². The van der Waals surface area contributed by atoms with Gasteiger partial charge in [-0.3, -0.25) is 5.32 Å². The molecule has 1 saturated carbocycles. The van der Waals surface area contributed by atoms with E-state index in [1.165, 1.54) is 4.90 Å². The smallest absolute Gasteiger partial charge is 0.322 e. The lowest BCUT2D eigenvalue weighted by molar-refractivity contribution is 0.117. The second kappa shape index (κ2) is 6.42. The number of anilines is 1. The van der Waals surface area contributed by atoms with Gasteiger partial charge in [-0.2, -0.15) is 5.10 Å². The highest BCUT2D eigenvalue weighted by molar-refractivity contribution is 5.88. The van der Waals surface area contributed by atoms with Crippen molar-refractivity contribution in [3.05, 3.63) is 42.1 Å². The van der Waals surface area contributed by atoms with E-state index >= 15 is 0 Å². The van der Waals surface area contributed by atoms with Crippen LogP contribution in [0.2, 0.25) is 0 Å². The van der Waals surface area contributed by atoms with Gasteiger partial charge in [0.1, 0.15) is 5.82 Å². The minimum atomic E-state index is -0.438. The van der Waals surface area contributed by atoms with Gasteiger partial charge >= 0.3 is 6.03 Å². The van der Waals surface area contributed by atoms with Crippen molar-refractivity contribution in [1.82, 2.24) is 14.7 Å². The van der Waals surface area contributed by atoms with E-state index in [4.69, 9.17) is 0 Å². The van der Waals surface area contributed by atoms with E-state index in [0.29, 0.717) is 18.3 Å². The minimum Gasteiger partial charge on any atom is -0.391 e. The molecule has 23 heavy (non-hydrogen) atoms. The maximum atomic E-state index is 12.3. The molecule has 1 unspecified atom stereocenters. The average molecular weight is 314 g/mol. The molecule has 3 rings (SSSR count). The second-order valence-electron chi connectivity index (χ2n) is 6.13. The summed E-state index contributed by atoms with van der Waals surface area (Å²) in [6.45, 7) is 2.34. The standard InChI is InChI=1S/C17H22N4O2/c1-12-5-3-4-6-14(12)21-16(9-10-18-21)19-17(23)20(2)11-15(22)13-7-8-13/h3-6,9-10,13,15,22H,7-8,11H2,1-2H3,(H,19,23). The molecule has 1 aliphatic rings. The summed E-state index contributed by atoms with van der Waals surface area (Å²) >= 11 is 0. The molecule has 0 radical (unpaired) electrons. The van der Waals surface area contributed by atoms with Gasteiger partial charge in [-0.05, 0) is 37.3 Å². The molecule has 0 spiro atoms. The fourth-order valence-corrected chi connectivity index (χ4v) is 2.59. The molecule has 0 saturated heterocycles. The number of hydrogen-bond acceptors (Lipinski definition) is 3. The molecule has 122 valence electrons. The zero-order chi connectivity index (χ0) is 16.4. The molecular formula is C17H22N4O2. The van der Waals surface area contributed by atoms with Crippen molar-refractivity contribution in [1.29, 1.82) is 0 Å². The third kappa shape index (κ3) is 3.53. The van der Waals surface area contributed by atoms with Crippen LogP contribution in [-0.2, 0) is 0 Å². The van der Waals surface area contributed by atoms with E-state index in [0.717, 1.165) is 24.1 Å². The summed E-state index contributed by atoms with van der Waals surface area (Å²) in [7, 11) is 1.69. The Labute approximate surface area is 135 Å². The number of aliphatic hydroxyl groups excluding tert-OH is 1. The van der Waals surface area contributed by atoms with E-state index in [1.54, 1.807) is 24.0 Å². The molecule has 2 aromatic rings. The largest absolute Gasteiger partial charge is 0.391 e. The monoisotopic (exact) mass is 314 g/mol. The summed E-state index contributed by atoms with van der Waals surface area (Å²) in [4.78, 5) is 13.8. The van der Waals surface area contributed by atoms with E-state index in [2.05, 4.69) is 10.4 Å². The quantitative estimate of drug-likeness (QED) is 0.890. The van der Waals surface area contributed by atoms with Gasteiger partial charge in [0.05, 0.1) is 18.0 Å². The highest BCUT2D eigenvalue weighted by Crippen LogP contribution is 2.32. The number of aliphatic hydroxyl groups is 1. The molecule has 1 fully saturated rings. The number of nitrogens with one attached hydrogen (secondary N) is 1. The number of hydrogen-bond donors (Lipinski definition) is 2. The fourth-order valence-electron chi connectivity index (χ4n) is 2.59. The van der Waals surface area contributed by atoms with Crippen LogP contribution in [0, 0.1) is 12.8 Å². The molecule has 1 aromatic carbocycles. The number of urea groups is 1. The van der Waals surface area contributed by atoms with Gasteiger partial charge in [-0.1, -0.05) is 18.2 Å². The van der Waals surface area contributed by atoms with Crippen molar-refractivity contribution < 1.29 is 9.90 Å². The number of likely N-dealkylation sites (N-methyl/N-ethyl adjacent to an activating group) is 1. The van der Waals surface area contributed by atoms with E-state index in [-0.39, 0.29) is 6.03 Å². The minimum absolute atomic E-state index is 0.250. The Morgan fingerprint density at radius 1 is 1.43 bits per heavy atom. The Morgan fingerprint density at radius 2 is 2.17 bits per heavy atom. The zero-order valence-corrected chi connectivity index (χ0v) is 13.4. The van der Waals surface area contributed by atoms with Gasteiger partial charge in [0, 0.05) is 19.7 Å². The normalized spacial score (nSPS) is 15.3. The molecule has 1 heterocycles. The fraction of sp³-hybridized carbons (Fsp3) is 0.412. The van der Waals surface area contributed by atoms with Crippen LogP contribution >= 0.6 is 0 Å². The van der Waals surface area contributed by atoms with Crippen LogP contribution in [0.25, 0.3) is 5.69 Å². The van der Waals surface area contributed by atoms with Gasteiger partial charge < -0.3 is 10.0 Å². The summed E-state index contributed by atoms with van der Waals surface area (Å²) in [5.74, 6) is 0.958. The van der Waals surface area contributed by atoms with Crippen molar-refractivity contribution in [3.63, 3.8) is 0 Å². The van der Waals surface area contributed by atoms with Gasteiger partial charge in [-0.25, -0.2) is 9.48 Å². The number of aryl methyl sites for hydroxylation is 1. The second-order valence-corrected chi connectivity index (χ2v) is 6.13. The number of rotatable bonds is 5. The Hall–Kier alpha value is -2.34. The van der Waals surface area contributed by atoms with Crippen molar-refractivity contribution in [2.75, 3.05) is 18.9 Å². The van der Waals surface area contributed by atoms with Crippen molar-refractivity contribution in [3.8, 4) is 5.69 Å². The van der Waals surface area contributed by atoms with Gasteiger partial charge in [0.25, 0.3) is 0 Å². The number of para-hydroxylation sites is 1. The van der Waals surface area contributed by atoms with Crippen LogP contribution in [-0.4, -0.2) is 45.5 Å². The lowest BCUT2D eigenvalue weighted by Crippen LogP contribution is -2.38. The molecule has 0 bridgehead atoms. The maximum absolute atomic E-state index is 12.3. The molecule has 6 nitrogen and oxygen atoms in total. The predicted molar refractivity (Wildman–Crippen MR) is 88.7 cm³/mol. The number of benzene rings is 1. The summed E-state index contributed by atoms with van der Waals surface area (Å²) in [5, 5.41) is 17.1. The molecule has 1 aromatic heterocycles. The topological polar surface area (TPSA) is 70.4 Å². The van der Waals surface area contributed by atoms with Crippen LogP contribution in [0.5, 0.6) is 0 Å². The van der Waals surface area contributed by atoms with E-state index < -0.39 is 6.10 Å². The lowest BCUT2D eigenvalue weighted by atomic mass is 10.2. The Morgan fingerprint density at radius 3 is 2.87 bits per heavy atom. The SMILES string of the molecule is Cc1ccccc1-n1nccc1NC(=O)N(C)CC(O)C1CC1. The Kier molecular flexibility index (Phi) is 4.34. The van der Waals surface area contributed by atoms with E-state index in [9.17, 15) is 9.90 Å². The third-order valence-electron chi connectivity index (χ3n) is 4.20. The molecule has 6 heteroatoms. The number of carbonyl (C=O) groups excluding carboxylic acids is 1. The summed E-state index contributed by atoms with van der Waals surface area (Å²) in [6.07, 6.45) is 3.32. The van der Waals surface area contributed by atoms with Gasteiger partial charge in [0.2, 0.25) is 0 Å². The third-order valence-corrected chi connectivity index (χ3v) is 4.20. The molecular weight excluding hydrogens is 292 g/mol. The van der Waals surface area contributed by atoms with E-state index in [1.807, 2.05) is 31.2 Å². The molecule has 1 aliphatic carbocycles. The number of aromatic nitrogens is 2. The zero-order valence-electron chi connectivity index (χ0n) is 13.4. The maximum Gasteiger partial charge on any atom is 0.322 e. The highest BCUT2D eigenvalue weighted by atomic mass is 16.3. The molecule has 2 N–H and O–H groups in total. The van der Waals surface area contributed by atoms with Crippen LogP contribution in [0.4, 0.5) is 10.6 Å². The summed E-state index contributed by atoms with van der Waals surface area (Å²) in [5.41, 5.74) is 2.00. The number of nitrogens with zero attached hydrogens (tertiary/aromatic N) is 3. The van der Waals surface area contributed by atoms with Crippen LogP contribution in [0.1, 0.15) is 18.4 Å². The molecule has 2 amide bonds. The Bertz CT molecular complexity index is 693. The highest BCUT2D eigenvalue weighted by Gasteiger charge is 2.31. The van der Waals surface area contributed by atoms with Crippen molar-refractivity contribution in [2.24, 2.45) is 5.92 Å². The first-order chi connectivity index (χ1) is 11.1. The first kappa shape index (κ1) is 15.6.